The summed E-state index contributed by atoms with van der Waals surface area (Å²) >= 11 is 1.32. The Balaban J connectivity index is 2.01. The highest BCUT2D eigenvalue weighted by molar-refractivity contribution is 8.00. The van der Waals surface area contributed by atoms with Gasteiger partial charge >= 0.3 is 0 Å². The largest absolute Gasteiger partial charge is 0.399 e. The molecular weight excluding hydrogens is 272 g/mol. The number of aromatic nitrogens is 2. The van der Waals surface area contributed by atoms with Crippen LogP contribution in [-0.2, 0) is 4.79 Å². The molecule has 1 aromatic carbocycles. The minimum Gasteiger partial charge on any atom is -0.399 e. The summed E-state index contributed by atoms with van der Waals surface area (Å²) < 4.78 is 0. The fraction of sp³-hybridized carbons (Fsp3) is 0.214. The number of nitrogens with zero attached hydrogens (tertiary/aromatic N) is 2. The van der Waals surface area contributed by atoms with E-state index in [1.165, 1.54) is 11.8 Å². The molecule has 0 radical (unpaired) electrons. The number of carbonyl (C=O) groups excluding carboxylic acids is 1. The van der Waals surface area contributed by atoms with Crippen LogP contribution in [0.2, 0.25) is 0 Å². The molecular formula is C14H16N4OS. The van der Waals surface area contributed by atoms with E-state index in [-0.39, 0.29) is 11.2 Å². The van der Waals surface area contributed by atoms with Crippen molar-refractivity contribution in [2.75, 3.05) is 11.1 Å². The highest BCUT2D eigenvalue weighted by Crippen LogP contribution is 2.22. The molecule has 0 saturated carbocycles. The normalized spacial score (nSPS) is 11.9. The molecule has 20 heavy (non-hydrogen) atoms. The molecule has 0 aliphatic heterocycles. The molecule has 1 amide bonds. The Morgan fingerprint density at radius 2 is 2.05 bits per heavy atom. The molecule has 5 nitrogen and oxygen atoms in total. The zero-order valence-corrected chi connectivity index (χ0v) is 12.1. The number of amides is 1. The zero-order valence-electron chi connectivity index (χ0n) is 11.3. The van der Waals surface area contributed by atoms with Gasteiger partial charge in [0.2, 0.25) is 5.91 Å². The van der Waals surface area contributed by atoms with Gasteiger partial charge in [0.25, 0.3) is 0 Å². The summed E-state index contributed by atoms with van der Waals surface area (Å²) in [6.45, 7) is 3.73. The number of nitrogen functional groups attached to an aromatic ring is 1. The molecule has 1 unspecified atom stereocenters. The third-order valence-electron chi connectivity index (χ3n) is 2.70. The Morgan fingerprint density at radius 1 is 1.35 bits per heavy atom. The lowest BCUT2D eigenvalue weighted by molar-refractivity contribution is -0.115. The maximum absolute atomic E-state index is 12.1. The van der Waals surface area contributed by atoms with Crippen LogP contribution in [0.3, 0.4) is 0 Å². The Hall–Kier alpha value is -2.08. The minimum atomic E-state index is -0.283. The van der Waals surface area contributed by atoms with Crippen molar-refractivity contribution in [1.82, 2.24) is 9.97 Å². The number of benzene rings is 1. The number of carbonyl (C=O) groups is 1. The maximum Gasteiger partial charge on any atom is 0.237 e. The summed E-state index contributed by atoms with van der Waals surface area (Å²) in [5.41, 5.74) is 8.07. The number of rotatable bonds is 4. The SMILES string of the molecule is Cc1cc(N)ccc1NC(=O)C(C)Sc1ncccn1. The topological polar surface area (TPSA) is 80.9 Å². The van der Waals surface area contributed by atoms with Gasteiger partial charge in [-0.1, -0.05) is 11.8 Å². The first-order valence-electron chi connectivity index (χ1n) is 6.17. The average Bonchev–Trinajstić information content (AvgIpc) is 2.43. The molecule has 0 fully saturated rings. The molecule has 6 heteroatoms. The van der Waals surface area contributed by atoms with Crippen molar-refractivity contribution in [3.63, 3.8) is 0 Å². The van der Waals surface area contributed by atoms with E-state index in [9.17, 15) is 4.79 Å². The van der Waals surface area contributed by atoms with Crippen LogP contribution in [0.1, 0.15) is 12.5 Å². The van der Waals surface area contributed by atoms with Crippen LogP contribution in [0, 0.1) is 6.92 Å². The number of thioether (sulfide) groups is 1. The van der Waals surface area contributed by atoms with Gasteiger partial charge in [-0.15, -0.1) is 0 Å². The molecule has 3 N–H and O–H groups in total. The molecule has 1 heterocycles. The molecule has 104 valence electrons. The second kappa shape index (κ2) is 6.38. The number of hydrogen-bond donors (Lipinski definition) is 2. The highest BCUT2D eigenvalue weighted by Gasteiger charge is 2.16. The molecule has 1 aromatic heterocycles. The number of anilines is 2. The van der Waals surface area contributed by atoms with E-state index >= 15 is 0 Å². The van der Waals surface area contributed by atoms with Crippen LogP contribution in [0.25, 0.3) is 0 Å². The van der Waals surface area contributed by atoms with Crippen LogP contribution in [-0.4, -0.2) is 21.1 Å². The van der Waals surface area contributed by atoms with Crippen molar-refractivity contribution in [2.45, 2.75) is 24.3 Å². The van der Waals surface area contributed by atoms with E-state index in [4.69, 9.17) is 5.73 Å². The fourth-order valence-electron chi connectivity index (χ4n) is 1.62. The van der Waals surface area contributed by atoms with Gasteiger partial charge in [0.15, 0.2) is 5.16 Å². The van der Waals surface area contributed by atoms with Gasteiger partial charge in [0.05, 0.1) is 5.25 Å². The summed E-state index contributed by atoms with van der Waals surface area (Å²) in [7, 11) is 0. The zero-order chi connectivity index (χ0) is 14.5. The lowest BCUT2D eigenvalue weighted by atomic mass is 10.2. The van der Waals surface area contributed by atoms with Gasteiger partial charge in [-0.2, -0.15) is 0 Å². The highest BCUT2D eigenvalue weighted by atomic mass is 32.2. The average molecular weight is 288 g/mol. The summed E-state index contributed by atoms with van der Waals surface area (Å²) in [5.74, 6) is -0.0877. The molecule has 0 aliphatic carbocycles. The summed E-state index contributed by atoms with van der Waals surface area (Å²) in [4.78, 5) is 20.3. The van der Waals surface area contributed by atoms with Gasteiger partial charge in [-0.25, -0.2) is 9.97 Å². The first kappa shape index (κ1) is 14.3. The summed E-state index contributed by atoms with van der Waals surface area (Å²) in [6.07, 6.45) is 3.31. The van der Waals surface area contributed by atoms with Crippen molar-refractivity contribution in [1.29, 1.82) is 0 Å². The number of aryl methyl sites for hydroxylation is 1. The van der Waals surface area contributed by atoms with Crippen LogP contribution < -0.4 is 11.1 Å². The first-order valence-corrected chi connectivity index (χ1v) is 7.05. The minimum absolute atomic E-state index is 0.0877. The molecule has 0 saturated heterocycles. The van der Waals surface area contributed by atoms with Crippen LogP contribution in [0.4, 0.5) is 11.4 Å². The van der Waals surface area contributed by atoms with E-state index in [1.807, 2.05) is 19.9 Å². The van der Waals surface area contributed by atoms with Crippen molar-refractivity contribution in [3.8, 4) is 0 Å². The van der Waals surface area contributed by atoms with Crippen LogP contribution >= 0.6 is 11.8 Å². The standard InChI is InChI=1S/C14H16N4OS/c1-9-8-11(15)4-5-12(9)18-13(19)10(2)20-14-16-6-3-7-17-14/h3-8,10H,15H2,1-2H3,(H,18,19). The van der Waals surface area contributed by atoms with Crippen LogP contribution in [0.15, 0.2) is 41.8 Å². The Morgan fingerprint density at radius 3 is 2.70 bits per heavy atom. The van der Waals surface area contributed by atoms with E-state index in [1.54, 1.807) is 30.6 Å². The van der Waals surface area contributed by atoms with E-state index in [2.05, 4.69) is 15.3 Å². The third-order valence-corrected chi connectivity index (χ3v) is 3.69. The monoisotopic (exact) mass is 288 g/mol. The molecule has 1 atom stereocenters. The lowest BCUT2D eigenvalue weighted by Gasteiger charge is -2.13. The third kappa shape index (κ3) is 3.71. The molecule has 0 bridgehead atoms. The molecule has 0 spiro atoms. The second-order valence-electron chi connectivity index (χ2n) is 4.36. The molecule has 2 rings (SSSR count). The van der Waals surface area contributed by atoms with Gasteiger partial charge in [-0.05, 0) is 43.7 Å². The number of hydrogen-bond acceptors (Lipinski definition) is 5. The number of nitrogens with one attached hydrogen (secondary N) is 1. The van der Waals surface area contributed by atoms with Crippen molar-refractivity contribution in [2.24, 2.45) is 0 Å². The van der Waals surface area contributed by atoms with Crippen LogP contribution in [0.5, 0.6) is 0 Å². The Kier molecular flexibility index (Phi) is 4.57. The van der Waals surface area contributed by atoms with Gasteiger partial charge in [0, 0.05) is 23.8 Å². The quantitative estimate of drug-likeness (QED) is 0.513. The van der Waals surface area contributed by atoms with Gasteiger partial charge < -0.3 is 11.1 Å². The summed E-state index contributed by atoms with van der Waals surface area (Å²) in [6, 6.07) is 7.14. The molecule has 2 aromatic rings. The van der Waals surface area contributed by atoms with Gasteiger partial charge in [0.1, 0.15) is 0 Å². The predicted octanol–water partition coefficient (Wildman–Crippen LogP) is 2.49. The Bertz CT molecular complexity index is 603. The fourth-order valence-corrected chi connectivity index (χ4v) is 2.35. The first-order chi connectivity index (χ1) is 9.56. The smallest absolute Gasteiger partial charge is 0.237 e. The van der Waals surface area contributed by atoms with Crippen molar-refractivity contribution in [3.05, 3.63) is 42.2 Å². The lowest BCUT2D eigenvalue weighted by Crippen LogP contribution is -2.23. The van der Waals surface area contributed by atoms with Crippen molar-refractivity contribution >= 4 is 29.0 Å². The van der Waals surface area contributed by atoms with Gasteiger partial charge in [-0.3, -0.25) is 4.79 Å². The molecule has 0 aliphatic rings. The van der Waals surface area contributed by atoms with E-state index in [0.717, 1.165) is 11.3 Å². The predicted molar refractivity (Wildman–Crippen MR) is 81.6 cm³/mol. The Labute approximate surface area is 122 Å². The van der Waals surface area contributed by atoms with E-state index in [0.29, 0.717) is 10.8 Å². The van der Waals surface area contributed by atoms with Crippen molar-refractivity contribution < 1.29 is 4.79 Å². The second-order valence-corrected chi connectivity index (χ2v) is 5.66. The number of nitrogens with two attached hydrogens (primary N) is 1. The maximum atomic E-state index is 12.1. The summed E-state index contributed by atoms with van der Waals surface area (Å²) in [5, 5.41) is 3.19. The van der Waals surface area contributed by atoms with E-state index < -0.39 is 0 Å².